The maximum atomic E-state index is 11.4. The number of nitrogens with one attached hydrogen (secondary N) is 1. The van der Waals surface area contributed by atoms with Crippen molar-refractivity contribution in [3.8, 4) is 0 Å². The highest BCUT2D eigenvalue weighted by Gasteiger charge is 2.15. The van der Waals surface area contributed by atoms with Crippen LogP contribution < -0.4 is 5.32 Å². The van der Waals surface area contributed by atoms with Gasteiger partial charge in [-0.25, -0.2) is 4.79 Å². The summed E-state index contributed by atoms with van der Waals surface area (Å²) in [6.07, 6.45) is 0. The van der Waals surface area contributed by atoms with Gasteiger partial charge >= 0.3 is 5.97 Å². The van der Waals surface area contributed by atoms with Crippen LogP contribution in [0.2, 0.25) is 0 Å². The van der Waals surface area contributed by atoms with Gasteiger partial charge in [-0.15, -0.1) is 11.8 Å². The Labute approximate surface area is 119 Å². The van der Waals surface area contributed by atoms with Crippen molar-refractivity contribution in [2.24, 2.45) is 0 Å². The van der Waals surface area contributed by atoms with Crippen molar-refractivity contribution in [3.05, 3.63) is 23.8 Å². The number of carboxylic acid groups (broad SMARTS) is 1. The van der Waals surface area contributed by atoms with E-state index >= 15 is 0 Å². The molecule has 0 amide bonds. The van der Waals surface area contributed by atoms with Gasteiger partial charge in [0.15, 0.2) is 0 Å². The lowest BCUT2D eigenvalue weighted by atomic mass is 10.1. The molecule has 0 heterocycles. The van der Waals surface area contributed by atoms with E-state index in [1.807, 2.05) is 32.2 Å². The lowest BCUT2D eigenvalue weighted by Gasteiger charge is -2.16. The number of aromatic carboxylic acids is 1. The molecule has 1 aromatic carbocycles. The number of carboxylic acids is 1. The third-order valence-corrected chi connectivity index (χ3v) is 3.83. The Morgan fingerprint density at radius 3 is 2.74 bits per heavy atom. The van der Waals surface area contributed by atoms with E-state index in [1.165, 1.54) is 0 Å². The van der Waals surface area contributed by atoms with Crippen LogP contribution in [0.5, 0.6) is 0 Å². The van der Waals surface area contributed by atoms with E-state index in [4.69, 9.17) is 0 Å². The second-order valence-corrected chi connectivity index (χ2v) is 5.55. The molecule has 0 aliphatic heterocycles. The fraction of sp³-hybridized carbons (Fsp3) is 0.500. The molecule has 0 unspecified atom stereocenters. The van der Waals surface area contributed by atoms with E-state index in [2.05, 4.69) is 17.1 Å². The van der Waals surface area contributed by atoms with Gasteiger partial charge in [-0.2, -0.15) is 0 Å². The van der Waals surface area contributed by atoms with E-state index < -0.39 is 5.97 Å². The van der Waals surface area contributed by atoms with E-state index in [0.29, 0.717) is 11.3 Å². The van der Waals surface area contributed by atoms with Crippen molar-refractivity contribution in [3.63, 3.8) is 0 Å². The Kier molecular flexibility index (Phi) is 6.73. The molecule has 0 aliphatic carbocycles. The molecule has 106 valence electrons. The number of likely N-dealkylation sites (N-methyl/N-ethyl adjacent to an activating group) is 1. The van der Waals surface area contributed by atoms with Gasteiger partial charge in [0, 0.05) is 23.7 Å². The molecule has 1 aromatic rings. The number of nitrogens with zero attached hydrogens (tertiary/aromatic N) is 1. The third-order valence-electron chi connectivity index (χ3n) is 2.89. The normalized spacial score (nSPS) is 10.7. The zero-order valence-electron chi connectivity index (χ0n) is 11.8. The largest absolute Gasteiger partial charge is 0.478 e. The lowest BCUT2D eigenvalue weighted by molar-refractivity contribution is 0.0694. The van der Waals surface area contributed by atoms with Crippen LogP contribution >= 0.6 is 11.8 Å². The molecule has 0 atom stereocenters. The van der Waals surface area contributed by atoms with E-state index in [9.17, 15) is 9.90 Å². The average Bonchev–Trinajstić information content (AvgIpc) is 2.38. The smallest absolute Gasteiger partial charge is 0.338 e. The maximum Gasteiger partial charge on any atom is 0.338 e. The average molecular weight is 282 g/mol. The predicted molar refractivity (Wildman–Crippen MR) is 81.5 cm³/mol. The zero-order chi connectivity index (χ0) is 14.3. The van der Waals surface area contributed by atoms with Gasteiger partial charge in [0.25, 0.3) is 0 Å². The molecular weight excluding hydrogens is 260 g/mol. The summed E-state index contributed by atoms with van der Waals surface area (Å²) in [6, 6.07) is 5.59. The maximum absolute atomic E-state index is 11.4. The van der Waals surface area contributed by atoms with Crippen LogP contribution in [-0.2, 0) is 0 Å². The second-order valence-electron chi connectivity index (χ2n) is 4.24. The third kappa shape index (κ3) is 4.76. The van der Waals surface area contributed by atoms with Crippen LogP contribution in [0.4, 0.5) is 5.69 Å². The summed E-state index contributed by atoms with van der Waals surface area (Å²) >= 11 is 1.56. The van der Waals surface area contributed by atoms with Gasteiger partial charge in [-0.1, -0.05) is 19.9 Å². The minimum absolute atomic E-state index is 0.383. The number of hydrogen-bond acceptors (Lipinski definition) is 4. The van der Waals surface area contributed by atoms with Gasteiger partial charge in [0.2, 0.25) is 0 Å². The minimum Gasteiger partial charge on any atom is -0.478 e. The molecule has 0 fully saturated rings. The Morgan fingerprint density at radius 1 is 1.42 bits per heavy atom. The molecule has 5 heteroatoms. The lowest BCUT2D eigenvalue weighted by Crippen LogP contribution is -2.25. The molecule has 0 saturated carbocycles. The van der Waals surface area contributed by atoms with Gasteiger partial charge in [0.05, 0.1) is 5.56 Å². The molecule has 4 nitrogen and oxygen atoms in total. The molecule has 1 rings (SSSR count). The van der Waals surface area contributed by atoms with Crippen molar-refractivity contribution in [1.29, 1.82) is 0 Å². The summed E-state index contributed by atoms with van der Waals surface area (Å²) < 4.78 is 0. The van der Waals surface area contributed by atoms with Gasteiger partial charge < -0.3 is 15.3 Å². The van der Waals surface area contributed by atoms with Gasteiger partial charge in [-0.3, -0.25) is 0 Å². The van der Waals surface area contributed by atoms with Crippen LogP contribution in [0.3, 0.4) is 0 Å². The summed E-state index contributed by atoms with van der Waals surface area (Å²) in [4.78, 5) is 14.4. The van der Waals surface area contributed by atoms with Crippen molar-refractivity contribution in [2.75, 3.05) is 37.8 Å². The first-order chi connectivity index (χ1) is 9.10. The molecule has 2 N–H and O–H groups in total. The number of thioether (sulfide) groups is 1. The SMILES string of the molecule is CCSc1cccc(NCCN(C)CC)c1C(=O)O. The zero-order valence-corrected chi connectivity index (χ0v) is 12.6. The van der Waals surface area contributed by atoms with Crippen LogP contribution in [0, 0.1) is 0 Å². The topological polar surface area (TPSA) is 52.6 Å². The highest BCUT2D eigenvalue weighted by molar-refractivity contribution is 7.99. The first kappa shape index (κ1) is 15.9. The fourth-order valence-corrected chi connectivity index (χ4v) is 2.54. The Hall–Kier alpha value is -1.20. The summed E-state index contributed by atoms with van der Waals surface area (Å²) in [6.45, 7) is 6.73. The number of anilines is 1. The van der Waals surface area contributed by atoms with Crippen molar-refractivity contribution >= 4 is 23.4 Å². The summed E-state index contributed by atoms with van der Waals surface area (Å²) in [5, 5.41) is 12.6. The van der Waals surface area contributed by atoms with E-state index in [-0.39, 0.29) is 0 Å². The summed E-state index contributed by atoms with van der Waals surface area (Å²) in [5.74, 6) is -0.00892. The molecule has 19 heavy (non-hydrogen) atoms. The molecule has 0 radical (unpaired) electrons. The first-order valence-corrected chi connectivity index (χ1v) is 7.50. The monoisotopic (exact) mass is 282 g/mol. The Bertz CT molecular complexity index is 424. The molecule has 0 aromatic heterocycles. The van der Waals surface area contributed by atoms with Gasteiger partial charge in [0.1, 0.15) is 0 Å². The second kappa shape index (κ2) is 8.07. The highest BCUT2D eigenvalue weighted by atomic mass is 32.2. The van der Waals surface area contributed by atoms with E-state index in [0.717, 1.165) is 30.3 Å². The number of benzene rings is 1. The molecule has 0 aliphatic rings. The highest BCUT2D eigenvalue weighted by Crippen LogP contribution is 2.28. The Balaban J connectivity index is 2.81. The molecule has 0 saturated heterocycles. The van der Waals surface area contributed by atoms with Crippen molar-refractivity contribution in [1.82, 2.24) is 4.90 Å². The van der Waals surface area contributed by atoms with Gasteiger partial charge in [-0.05, 0) is 31.5 Å². The standard InChI is InChI=1S/C14H22N2O2S/c1-4-16(3)10-9-15-11-7-6-8-12(19-5-2)13(11)14(17)18/h6-8,15H,4-5,9-10H2,1-3H3,(H,17,18). The predicted octanol–water partition coefficient (Wildman–Crippen LogP) is 2.86. The molecule has 0 bridgehead atoms. The van der Waals surface area contributed by atoms with Crippen molar-refractivity contribution < 1.29 is 9.90 Å². The first-order valence-electron chi connectivity index (χ1n) is 6.51. The van der Waals surface area contributed by atoms with Crippen molar-refractivity contribution in [2.45, 2.75) is 18.7 Å². The number of rotatable bonds is 8. The summed E-state index contributed by atoms with van der Waals surface area (Å²) in [5.41, 5.74) is 1.09. The summed E-state index contributed by atoms with van der Waals surface area (Å²) in [7, 11) is 2.04. The van der Waals surface area contributed by atoms with E-state index in [1.54, 1.807) is 11.8 Å². The van der Waals surface area contributed by atoms with Crippen LogP contribution in [0.25, 0.3) is 0 Å². The van der Waals surface area contributed by atoms with Crippen LogP contribution in [-0.4, -0.2) is 48.4 Å². The molecule has 0 spiro atoms. The number of hydrogen-bond donors (Lipinski definition) is 2. The quantitative estimate of drug-likeness (QED) is 0.718. The van der Waals surface area contributed by atoms with Crippen LogP contribution in [0.1, 0.15) is 24.2 Å². The van der Waals surface area contributed by atoms with Crippen LogP contribution in [0.15, 0.2) is 23.1 Å². The molecular formula is C14H22N2O2S. The minimum atomic E-state index is -0.872. The fourth-order valence-electron chi connectivity index (χ4n) is 1.71. The Morgan fingerprint density at radius 2 is 2.16 bits per heavy atom. The number of carbonyl (C=O) groups is 1.